The van der Waals surface area contributed by atoms with Gasteiger partial charge in [0.2, 0.25) is 0 Å². The predicted molar refractivity (Wildman–Crippen MR) is 75.6 cm³/mol. The monoisotopic (exact) mass is 275 g/mol. The number of aromatic nitrogens is 3. The molecule has 0 bridgehead atoms. The van der Waals surface area contributed by atoms with Gasteiger partial charge in [-0.1, -0.05) is 30.3 Å². The fraction of sp³-hybridized carbons (Fsp3) is 0.429. The molecule has 1 aromatic heterocycles. The first-order valence-electron chi connectivity index (χ1n) is 6.62. The van der Waals surface area contributed by atoms with Gasteiger partial charge >= 0.3 is 0 Å². The van der Waals surface area contributed by atoms with Crippen LogP contribution in [0, 0.1) is 4.77 Å². The Balaban J connectivity index is 1.80. The molecular weight excluding hydrogens is 258 g/mol. The molecule has 5 heteroatoms. The van der Waals surface area contributed by atoms with Gasteiger partial charge in [-0.15, -0.1) is 0 Å². The summed E-state index contributed by atoms with van der Waals surface area (Å²) in [5.41, 5.74) is 1.24. The van der Waals surface area contributed by atoms with Crippen LogP contribution in [0.2, 0.25) is 0 Å². The van der Waals surface area contributed by atoms with Crippen molar-refractivity contribution in [1.29, 1.82) is 0 Å². The van der Waals surface area contributed by atoms with Crippen molar-refractivity contribution in [2.45, 2.75) is 31.9 Å². The summed E-state index contributed by atoms with van der Waals surface area (Å²) in [5.74, 6) is 0.978. The number of nitrogens with one attached hydrogen (secondary N) is 1. The summed E-state index contributed by atoms with van der Waals surface area (Å²) in [6.07, 6.45) is 3.32. The van der Waals surface area contributed by atoms with E-state index in [1.54, 1.807) is 0 Å². The normalized spacial score (nSPS) is 18.8. The number of nitrogens with zero attached hydrogens (tertiary/aromatic N) is 2. The Kier molecular flexibility index (Phi) is 3.75. The van der Waals surface area contributed by atoms with Gasteiger partial charge in [0.15, 0.2) is 4.77 Å². The third kappa shape index (κ3) is 2.93. The molecule has 1 aliphatic heterocycles. The third-order valence-corrected chi connectivity index (χ3v) is 3.76. The number of ether oxygens (including phenoxy) is 1. The molecule has 19 heavy (non-hydrogen) atoms. The maximum Gasteiger partial charge on any atom is 0.195 e. The molecule has 1 aromatic carbocycles. The zero-order valence-corrected chi connectivity index (χ0v) is 11.5. The first-order valence-corrected chi connectivity index (χ1v) is 7.03. The average molecular weight is 275 g/mol. The van der Waals surface area contributed by atoms with Crippen molar-refractivity contribution in [1.82, 2.24) is 14.8 Å². The fourth-order valence-electron chi connectivity index (χ4n) is 2.44. The van der Waals surface area contributed by atoms with Gasteiger partial charge in [0, 0.05) is 13.0 Å². The second-order valence-corrected chi connectivity index (χ2v) is 5.24. The van der Waals surface area contributed by atoms with Crippen molar-refractivity contribution < 1.29 is 4.74 Å². The quantitative estimate of drug-likeness (QED) is 0.872. The Morgan fingerprint density at radius 3 is 2.95 bits per heavy atom. The maximum atomic E-state index is 5.68. The van der Waals surface area contributed by atoms with E-state index in [-0.39, 0.29) is 6.10 Å². The molecule has 1 fully saturated rings. The van der Waals surface area contributed by atoms with Crippen molar-refractivity contribution in [3.63, 3.8) is 0 Å². The third-order valence-electron chi connectivity index (χ3n) is 3.45. The van der Waals surface area contributed by atoms with Gasteiger partial charge in [0.1, 0.15) is 5.82 Å². The zero-order valence-electron chi connectivity index (χ0n) is 10.7. The van der Waals surface area contributed by atoms with Crippen LogP contribution in [-0.2, 0) is 17.7 Å². The van der Waals surface area contributed by atoms with Crippen molar-refractivity contribution in [2.75, 3.05) is 6.61 Å². The topological polar surface area (TPSA) is 42.8 Å². The van der Waals surface area contributed by atoms with Crippen LogP contribution in [0.1, 0.15) is 24.2 Å². The molecule has 1 N–H and O–H groups in total. The summed E-state index contributed by atoms with van der Waals surface area (Å²) in [7, 11) is 0. The minimum atomic E-state index is 0.277. The number of H-pyrrole nitrogens is 1. The summed E-state index contributed by atoms with van der Waals surface area (Å²) < 4.78 is 8.43. The van der Waals surface area contributed by atoms with Crippen LogP contribution in [-0.4, -0.2) is 27.5 Å². The zero-order chi connectivity index (χ0) is 13.1. The van der Waals surface area contributed by atoms with Crippen LogP contribution in [0.4, 0.5) is 0 Å². The minimum absolute atomic E-state index is 0.277. The Hall–Kier alpha value is -1.46. The van der Waals surface area contributed by atoms with E-state index >= 15 is 0 Å². The Morgan fingerprint density at radius 1 is 1.37 bits per heavy atom. The highest BCUT2D eigenvalue weighted by Crippen LogP contribution is 2.16. The molecule has 0 radical (unpaired) electrons. The minimum Gasteiger partial charge on any atom is -0.376 e. The molecule has 3 rings (SSSR count). The highest BCUT2D eigenvalue weighted by molar-refractivity contribution is 7.71. The van der Waals surface area contributed by atoms with Gasteiger partial charge in [0.25, 0.3) is 0 Å². The lowest BCUT2D eigenvalue weighted by atomic mass is 10.1. The first-order chi connectivity index (χ1) is 9.33. The van der Waals surface area contributed by atoms with Crippen LogP contribution in [0.3, 0.4) is 0 Å². The van der Waals surface area contributed by atoms with Gasteiger partial charge in [-0.05, 0) is 30.6 Å². The molecule has 2 heterocycles. The van der Waals surface area contributed by atoms with Crippen LogP contribution in [0.15, 0.2) is 30.3 Å². The SMILES string of the molecule is S=c1[nH]nc(Cc2ccccc2)n1C[C@H]1CCCO1. The molecule has 0 amide bonds. The highest BCUT2D eigenvalue weighted by Gasteiger charge is 2.18. The molecular formula is C14H17N3OS. The lowest BCUT2D eigenvalue weighted by Gasteiger charge is -2.12. The van der Waals surface area contributed by atoms with Crippen LogP contribution < -0.4 is 0 Å². The van der Waals surface area contributed by atoms with Crippen LogP contribution in [0.25, 0.3) is 0 Å². The fourth-order valence-corrected chi connectivity index (χ4v) is 2.67. The summed E-state index contributed by atoms with van der Waals surface area (Å²) in [6.45, 7) is 1.67. The highest BCUT2D eigenvalue weighted by atomic mass is 32.1. The Bertz CT molecular complexity index is 584. The molecule has 1 atom stereocenters. The molecule has 2 aromatic rings. The van der Waals surface area contributed by atoms with E-state index < -0.39 is 0 Å². The number of aromatic amines is 1. The summed E-state index contributed by atoms with van der Waals surface area (Å²) in [6, 6.07) is 10.3. The maximum absolute atomic E-state index is 5.68. The van der Waals surface area contributed by atoms with Gasteiger partial charge in [-0.2, -0.15) is 5.10 Å². The number of benzene rings is 1. The Labute approximate surface area is 117 Å². The second kappa shape index (κ2) is 5.67. The standard InChI is InChI=1S/C14H17N3OS/c19-14-16-15-13(9-11-5-2-1-3-6-11)17(14)10-12-7-4-8-18-12/h1-3,5-6,12H,4,7-10H2,(H,16,19)/t12-/m1/s1. The van der Waals surface area contributed by atoms with Crippen molar-refractivity contribution >= 4 is 12.2 Å². The van der Waals surface area contributed by atoms with Crippen molar-refractivity contribution in [3.05, 3.63) is 46.5 Å². The number of hydrogen-bond donors (Lipinski definition) is 1. The molecule has 100 valence electrons. The summed E-state index contributed by atoms with van der Waals surface area (Å²) >= 11 is 5.31. The molecule has 0 spiro atoms. The lowest BCUT2D eigenvalue weighted by molar-refractivity contribution is 0.0960. The molecule has 0 unspecified atom stereocenters. The van der Waals surface area contributed by atoms with Gasteiger partial charge < -0.3 is 9.30 Å². The van der Waals surface area contributed by atoms with E-state index in [0.717, 1.165) is 38.2 Å². The van der Waals surface area contributed by atoms with E-state index in [0.29, 0.717) is 4.77 Å². The molecule has 4 nitrogen and oxygen atoms in total. The van der Waals surface area contributed by atoms with Gasteiger partial charge in [-0.3, -0.25) is 5.10 Å². The summed E-state index contributed by atoms with van der Waals surface area (Å²) in [5, 5.41) is 7.23. The van der Waals surface area contributed by atoms with Crippen molar-refractivity contribution in [2.24, 2.45) is 0 Å². The lowest BCUT2D eigenvalue weighted by Crippen LogP contribution is -2.17. The van der Waals surface area contributed by atoms with Gasteiger partial charge in [0.05, 0.1) is 12.6 Å². The average Bonchev–Trinajstić information content (AvgIpc) is 3.05. The largest absolute Gasteiger partial charge is 0.376 e. The molecule has 0 saturated carbocycles. The van der Waals surface area contributed by atoms with Crippen molar-refractivity contribution in [3.8, 4) is 0 Å². The van der Waals surface area contributed by atoms with E-state index in [1.807, 2.05) is 18.2 Å². The first kappa shape index (κ1) is 12.6. The number of rotatable bonds is 4. The van der Waals surface area contributed by atoms with E-state index in [2.05, 4.69) is 26.9 Å². The predicted octanol–water partition coefficient (Wildman–Crippen LogP) is 2.71. The second-order valence-electron chi connectivity index (χ2n) is 4.85. The molecule has 1 aliphatic rings. The van der Waals surface area contributed by atoms with E-state index in [9.17, 15) is 0 Å². The smallest absolute Gasteiger partial charge is 0.195 e. The molecule has 0 aliphatic carbocycles. The van der Waals surface area contributed by atoms with Gasteiger partial charge in [-0.25, -0.2) is 0 Å². The van der Waals surface area contributed by atoms with E-state index in [4.69, 9.17) is 17.0 Å². The van der Waals surface area contributed by atoms with E-state index in [1.165, 1.54) is 5.56 Å². The number of hydrogen-bond acceptors (Lipinski definition) is 3. The summed E-state index contributed by atoms with van der Waals surface area (Å²) in [4.78, 5) is 0. The Morgan fingerprint density at radius 2 is 2.21 bits per heavy atom. The van der Waals surface area contributed by atoms with Crippen LogP contribution >= 0.6 is 12.2 Å². The molecule has 1 saturated heterocycles. The van der Waals surface area contributed by atoms with Crippen LogP contribution in [0.5, 0.6) is 0 Å².